The van der Waals surface area contributed by atoms with Crippen molar-refractivity contribution >= 4 is 26.7 Å². The molecule has 0 amide bonds. The molecule has 5 nitrogen and oxygen atoms in total. The second-order valence-corrected chi connectivity index (χ2v) is 11.0. The van der Waals surface area contributed by atoms with Gasteiger partial charge in [-0.15, -0.1) is 0 Å². The summed E-state index contributed by atoms with van der Waals surface area (Å²) in [4.78, 5) is 19.1. The van der Waals surface area contributed by atoms with E-state index in [1.165, 1.54) is 0 Å². The van der Waals surface area contributed by atoms with Crippen LogP contribution >= 0.6 is 15.9 Å². The van der Waals surface area contributed by atoms with E-state index in [0.717, 1.165) is 54.2 Å². The van der Waals surface area contributed by atoms with Crippen molar-refractivity contribution < 1.29 is 0 Å². The van der Waals surface area contributed by atoms with Crippen molar-refractivity contribution in [1.29, 1.82) is 5.26 Å². The molecule has 5 aromatic carbocycles. The molecule has 0 aliphatic rings. The van der Waals surface area contributed by atoms with Crippen LogP contribution in [0.2, 0.25) is 0 Å². The smallest absolute Gasteiger partial charge is 0.164 e. The summed E-state index contributed by atoms with van der Waals surface area (Å²) in [6.07, 6.45) is 3.58. The molecule has 43 heavy (non-hydrogen) atoms. The summed E-state index contributed by atoms with van der Waals surface area (Å²) in [6.45, 7) is 0. The fourth-order valence-corrected chi connectivity index (χ4v) is 5.56. The number of nitrogens with zero attached hydrogens (tertiary/aromatic N) is 5. The Balaban J connectivity index is 1.36. The monoisotopic (exact) mass is 615 g/mol. The number of nitriles is 1. The molecule has 0 unspecified atom stereocenters. The van der Waals surface area contributed by atoms with Crippen LogP contribution < -0.4 is 0 Å². The number of benzene rings is 5. The van der Waals surface area contributed by atoms with Crippen LogP contribution in [0.3, 0.4) is 0 Å². The average molecular weight is 617 g/mol. The molecular weight excluding hydrogens is 594 g/mol. The van der Waals surface area contributed by atoms with Gasteiger partial charge < -0.3 is 0 Å². The van der Waals surface area contributed by atoms with Gasteiger partial charge in [-0.3, -0.25) is 4.98 Å². The zero-order chi connectivity index (χ0) is 29.2. The lowest BCUT2D eigenvalue weighted by Gasteiger charge is -2.11. The molecule has 0 bridgehead atoms. The summed E-state index contributed by atoms with van der Waals surface area (Å²) < 4.78 is 0.929. The molecule has 0 saturated heterocycles. The van der Waals surface area contributed by atoms with Gasteiger partial charge in [-0.25, -0.2) is 15.0 Å². The van der Waals surface area contributed by atoms with Crippen molar-refractivity contribution in [3.63, 3.8) is 0 Å². The van der Waals surface area contributed by atoms with E-state index < -0.39 is 0 Å². The molecule has 2 aromatic heterocycles. The van der Waals surface area contributed by atoms with Crippen molar-refractivity contribution in [1.82, 2.24) is 19.9 Å². The molecule has 0 N–H and O–H groups in total. The molecule has 0 atom stereocenters. The minimum Gasteiger partial charge on any atom is -0.265 e. The lowest BCUT2D eigenvalue weighted by atomic mass is 10.0. The number of pyridine rings is 1. The minimum atomic E-state index is 0.584. The van der Waals surface area contributed by atoms with Crippen molar-refractivity contribution in [2.24, 2.45) is 0 Å². The van der Waals surface area contributed by atoms with E-state index >= 15 is 0 Å². The molecule has 7 rings (SSSR count). The van der Waals surface area contributed by atoms with Gasteiger partial charge in [-0.05, 0) is 81.6 Å². The highest BCUT2D eigenvalue weighted by molar-refractivity contribution is 9.10. The van der Waals surface area contributed by atoms with Gasteiger partial charge in [-0.2, -0.15) is 5.26 Å². The summed E-state index contributed by atoms with van der Waals surface area (Å²) in [6, 6.07) is 42.6. The van der Waals surface area contributed by atoms with Crippen LogP contribution in [-0.2, 0) is 0 Å². The lowest BCUT2D eigenvalue weighted by Crippen LogP contribution is -2.00. The number of hydrogen-bond acceptors (Lipinski definition) is 5. The Kier molecular flexibility index (Phi) is 7.00. The standard InChI is InChI=1S/C37H22BrN5/c38-34-21-32(28-15-17-40-18-16-28)20-33(22-34)37-42-35(29-12-9-27(10-13-29)26-7-5-24(23-39)6-8-26)41-36(43-37)31-14-11-25-3-1-2-4-30(25)19-31/h1-22H. The zero-order valence-corrected chi connectivity index (χ0v) is 24.4. The normalized spacial score (nSPS) is 10.9. The number of fused-ring (bicyclic) bond motifs is 1. The summed E-state index contributed by atoms with van der Waals surface area (Å²) in [5.74, 6) is 1.78. The summed E-state index contributed by atoms with van der Waals surface area (Å²) in [7, 11) is 0. The van der Waals surface area contributed by atoms with Crippen LogP contribution in [0, 0.1) is 11.3 Å². The fourth-order valence-electron chi connectivity index (χ4n) is 5.07. The largest absolute Gasteiger partial charge is 0.265 e. The Hall–Kier alpha value is -5.51. The van der Waals surface area contributed by atoms with Crippen LogP contribution in [0.15, 0.2) is 138 Å². The van der Waals surface area contributed by atoms with Gasteiger partial charge in [0, 0.05) is 33.6 Å². The first-order chi connectivity index (χ1) is 21.1. The van der Waals surface area contributed by atoms with E-state index in [2.05, 4.69) is 81.6 Å². The van der Waals surface area contributed by atoms with Gasteiger partial charge in [0.15, 0.2) is 17.5 Å². The maximum absolute atomic E-state index is 9.14. The molecule has 0 aliphatic carbocycles. The Bertz CT molecular complexity index is 2140. The molecule has 2 heterocycles. The molecule has 6 heteroatoms. The first-order valence-electron chi connectivity index (χ1n) is 13.7. The topological polar surface area (TPSA) is 75.3 Å². The Morgan fingerprint density at radius 3 is 1.70 bits per heavy atom. The van der Waals surface area contributed by atoms with Gasteiger partial charge in [0.2, 0.25) is 0 Å². The lowest BCUT2D eigenvalue weighted by molar-refractivity contribution is 1.07. The summed E-state index contributed by atoms with van der Waals surface area (Å²) in [5.41, 5.74) is 7.49. The van der Waals surface area contributed by atoms with Gasteiger partial charge in [-0.1, -0.05) is 88.7 Å². The first-order valence-corrected chi connectivity index (χ1v) is 14.5. The highest BCUT2D eigenvalue weighted by atomic mass is 79.9. The Labute approximate surface area is 257 Å². The van der Waals surface area contributed by atoms with E-state index in [1.807, 2.05) is 66.7 Å². The minimum absolute atomic E-state index is 0.584. The van der Waals surface area contributed by atoms with Crippen molar-refractivity contribution in [3.8, 4) is 62.5 Å². The molecule has 202 valence electrons. The Morgan fingerprint density at radius 1 is 0.465 bits per heavy atom. The molecule has 0 fully saturated rings. The molecular formula is C37H22BrN5. The SMILES string of the molecule is N#Cc1ccc(-c2ccc(-c3nc(-c4cc(Br)cc(-c5ccncc5)c4)nc(-c4ccc5ccccc5c4)n3)cc2)cc1. The van der Waals surface area contributed by atoms with Gasteiger partial charge >= 0.3 is 0 Å². The maximum Gasteiger partial charge on any atom is 0.164 e. The third-order valence-electron chi connectivity index (χ3n) is 7.30. The van der Waals surface area contributed by atoms with E-state index in [9.17, 15) is 0 Å². The molecule has 0 spiro atoms. The van der Waals surface area contributed by atoms with Crippen molar-refractivity contribution in [2.75, 3.05) is 0 Å². The number of rotatable bonds is 5. The second-order valence-electron chi connectivity index (χ2n) is 10.1. The third-order valence-corrected chi connectivity index (χ3v) is 7.76. The quantitative estimate of drug-likeness (QED) is 0.193. The zero-order valence-electron chi connectivity index (χ0n) is 22.8. The molecule has 0 saturated carbocycles. The van der Waals surface area contributed by atoms with Crippen LogP contribution in [0.25, 0.3) is 67.2 Å². The van der Waals surface area contributed by atoms with Gasteiger partial charge in [0.1, 0.15) is 0 Å². The van der Waals surface area contributed by atoms with Gasteiger partial charge in [0.25, 0.3) is 0 Å². The predicted octanol–water partition coefficient (Wildman–Crippen LogP) is 9.39. The number of hydrogen-bond donors (Lipinski definition) is 0. The Morgan fingerprint density at radius 2 is 1.00 bits per heavy atom. The van der Waals surface area contributed by atoms with Crippen molar-refractivity contribution in [2.45, 2.75) is 0 Å². The van der Waals surface area contributed by atoms with E-state index in [-0.39, 0.29) is 0 Å². The molecule has 0 aliphatic heterocycles. The summed E-state index contributed by atoms with van der Waals surface area (Å²) >= 11 is 3.70. The summed E-state index contributed by atoms with van der Waals surface area (Å²) in [5, 5.41) is 11.4. The molecule has 7 aromatic rings. The highest BCUT2D eigenvalue weighted by Gasteiger charge is 2.15. The third kappa shape index (κ3) is 5.54. The first kappa shape index (κ1) is 26.4. The fraction of sp³-hybridized carbons (Fsp3) is 0. The number of halogens is 1. The van der Waals surface area contributed by atoms with Crippen LogP contribution in [0.1, 0.15) is 5.56 Å². The number of aromatic nitrogens is 4. The van der Waals surface area contributed by atoms with Crippen LogP contribution in [0.4, 0.5) is 0 Å². The second kappa shape index (κ2) is 11.4. The van der Waals surface area contributed by atoms with E-state index in [4.69, 9.17) is 20.2 Å². The van der Waals surface area contributed by atoms with Crippen LogP contribution in [0.5, 0.6) is 0 Å². The van der Waals surface area contributed by atoms with Crippen LogP contribution in [-0.4, -0.2) is 19.9 Å². The van der Waals surface area contributed by atoms with Gasteiger partial charge in [0.05, 0.1) is 11.6 Å². The maximum atomic E-state index is 9.14. The molecule has 0 radical (unpaired) electrons. The highest BCUT2D eigenvalue weighted by Crippen LogP contribution is 2.32. The van der Waals surface area contributed by atoms with E-state index in [1.54, 1.807) is 12.4 Å². The average Bonchev–Trinajstić information content (AvgIpc) is 3.08. The van der Waals surface area contributed by atoms with E-state index in [0.29, 0.717) is 23.0 Å². The van der Waals surface area contributed by atoms with Crippen molar-refractivity contribution in [3.05, 3.63) is 144 Å². The predicted molar refractivity (Wildman–Crippen MR) is 175 cm³/mol.